The smallest absolute Gasteiger partial charge is 0.221 e. The Morgan fingerprint density at radius 2 is 1.81 bits per heavy atom. The Morgan fingerprint density at radius 3 is 2.56 bits per heavy atom. The van der Waals surface area contributed by atoms with Gasteiger partial charge in [-0.3, -0.25) is 9.69 Å². The second-order valence-corrected chi connectivity index (χ2v) is 7.07. The molecule has 0 fully saturated rings. The van der Waals surface area contributed by atoms with Crippen LogP contribution >= 0.6 is 0 Å². The summed E-state index contributed by atoms with van der Waals surface area (Å²) in [5.74, 6) is 1.11. The van der Waals surface area contributed by atoms with Gasteiger partial charge in [-0.1, -0.05) is 42.5 Å². The molecule has 0 bridgehead atoms. The molecule has 2 aromatic carbocycles. The molecule has 1 aliphatic heterocycles. The highest BCUT2D eigenvalue weighted by Crippen LogP contribution is 2.19. The van der Waals surface area contributed by atoms with Crippen LogP contribution in [0.3, 0.4) is 0 Å². The standard InChI is InChI=1S/C22H24N4O/c1-17(27)24-20-9-7-19(8-10-20)15-25-11-12-26-21(16-25)14-23-22(26)13-18-5-3-2-4-6-18/h2-10,14H,11-13,15-16H2,1H3,(H,24,27). The van der Waals surface area contributed by atoms with Gasteiger partial charge in [0.1, 0.15) is 5.82 Å². The zero-order valence-corrected chi connectivity index (χ0v) is 15.6. The Morgan fingerprint density at radius 1 is 1.04 bits per heavy atom. The van der Waals surface area contributed by atoms with Gasteiger partial charge in [-0.15, -0.1) is 0 Å². The normalized spacial score (nSPS) is 14.0. The number of benzene rings is 2. The summed E-state index contributed by atoms with van der Waals surface area (Å²) in [6.45, 7) is 5.33. The number of fused-ring (bicyclic) bond motifs is 1. The van der Waals surface area contributed by atoms with Crippen molar-refractivity contribution >= 4 is 11.6 Å². The van der Waals surface area contributed by atoms with Gasteiger partial charge in [0.15, 0.2) is 0 Å². The minimum atomic E-state index is -0.0432. The zero-order valence-electron chi connectivity index (χ0n) is 15.6. The Balaban J connectivity index is 1.39. The van der Waals surface area contributed by atoms with Crippen LogP contribution in [0.1, 0.15) is 29.6 Å². The van der Waals surface area contributed by atoms with Crippen LogP contribution in [0.5, 0.6) is 0 Å². The van der Waals surface area contributed by atoms with Gasteiger partial charge < -0.3 is 9.88 Å². The van der Waals surface area contributed by atoms with Crippen molar-refractivity contribution in [2.75, 3.05) is 11.9 Å². The van der Waals surface area contributed by atoms with E-state index in [-0.39, 0.29) is 5.91 Å². The maximum Gasteiger partial charge on any atom is 0.221 e. The molecule has 0 atom stereocenters. The van der Waals surface area contributed by atoms with Gasteiger partial charge in [0.25, 0.3) is 0 Å². The predicted molar refractivity (Wildman–Crippen MR) is 106 cm³/mol. The molecule has 27 heavy (non-hydrogen) atoms. The molecule has 0 spiro atoms. The number of nitrogens with zero attached hydrogens (tertiary/aromatic N) is 3. The lowest BCUT2D eigenvalue weighted by Crippen LogP contribution is -2.33. The van der Waals surface area contributed by atoms with Crippen LogP contribution in [0.15, 0.2) is 60.8 Å². The molecule has 0 radical (unpaired) electrons. The third-order valence-electron chi connectivity index (χ3n) is 4.93. The second kappa shape index (κ2) is 7.76. The summed E-state index contributed by atoms with van der Waals surface area (Å²) >= 11 is 0. The van der Waals surface area contributed by atoms with Crippen LogP contribution in [0.25, 0.3) is 0 Å². The van der Waals surface area contributed by atoms with Crippen LogP contribution in [0.2, 0.25) is 0 Å². The van der Waals surface area contributed by atoms with Gasteiger partial charge in [-0.25, -0.2) is 4.98 Å². The van der Waals surface area contributed by atoms with Gasteiger partial charge in [-0.05, 0) is 23.3 Å². The molecule has 4 rings (SSSR count). The number of hydrogen-bond acceptors (Lipinski definition) is 3. The lowest BCUT2D eigenvalue weighted by Gasteiger charge is -2.29. The fourth-order valence-electron chi connectivity index (χ4n) is 3.61. The SMILES string of the molecule is CC(=O)Nc1ccc(CN2CCn3c(cnc3Cc3ccccc3)C2)cc1. The number of anilines is 1. The van der Waals surface area contributed by atoms with E-state index in [2.05, 4.69) is 56.2 Å². The first-order chi connectivity index (χ1) is 13.2. The van der Waals surface area contributed by atoms with Crippen molar-refractivity contribution in [1.82, 2.24) is 14.5 Å². The van der Waals surface area contributed by atoms with E-state index < -0.39 is 0 Å². The Hall–Kier alpha value is -2.92. The molecule has 3 aromatic rings. The first-order valence-electron chi connectivity index (χ1n) is 9.33. The van der Waals surface area contributed by atoms with E-state index in [1.54, 1.807) is 0 Å². The summed E-state index contributed by atoms with van der Waals surface area (Å²) < 4.78 is 2.36. The average molecular weight is 360 g/mol. The molecule has 0 saturated heterocycles. The van der Waals surface area contributed by atoms with Gasteiger partial charge in [0.2, 0.25) is 5.91 Å². The monoisotopic (exact) mass is 360 g/mol. The fourth-order valence-corrected chi connectivity index (χ4v) is 3.61. The summed E-state index contributed by atoms with van der Waals surface area (Å²) in [5.41, 5.74) is 4.67. The fraction of sp³-hybridized carbons (Fsp3) is 0.273. The lowest BCUT2D eigenvalue weighted by molar-refractivity contribution is -0.114. The average Bonchev–Trinajstić information content (AvgIpc) is 3.06. The number of aromatic nitrogens is 2. The van der Waals surface area contributed by atoms with Crippen molar-refractivity contribution < 1.29 is 4.79 Å². The van der Waals surface area contributed by atoms with Crippen molar-refractivity contribution in [3.05, 3.63) is 83.4 Å². The van der Waals surface area contributed by atoms with Crippen molar-refractivity contribution in [3.8, 4) is 0 Å². The van der Waals surface area contributed by atoms with E-state index in [1.807, 2.05) is 24.4 Å². The summed E-state index contributed by atoms with van der Waals surface area (Å²) in [7, 11) is 0. The molecule has 0 unspecified atom stereocenters. The molecular weight excluding hydrogens is 336 g/mol. The Labute approximate surface area is 159 Å². The Bertz CT molecular complexity index is 915. The number of hydrogen-bond donors (Lipinski definition) is 1. The maximum absolute atomic E-state index is 11.1. The molecule has 5 heteroatoms. The number of carbonyl (C=O) groups excluding carboxylic acids is 1. The zero-order chi connectivity index (χ0) is 18.6. The minimum Gasteiger partial charge on any atom is -0.329 e. The number of rotatable bonds is 5. The number of nitrogens with one attached hydrogen (secondary N) is 1. The van der Waals surface area contributed by atoms with E-state index >= 15 is 0 Å². The van der Waals surface area contributed by atoms with Crippen molar-refractivity contribution in [3.63, 3.8) is 0 Å². The summed E-state index contributed by atoms with van der Waals surface area (Å²) in [5, 5.41) is 2.81. The topological polar surface area (TPSA) is 50.2 Å². The first kappa shape index (κ1) is 17.5. The van der Waals surface area contributed by atoms with Crippen LogP contribution < -0.4 is 5.32 Å². The molecule has 1 aliphatic rings. The van der Waals surface area contributed by atoms with E-state index in [1.165, 1.54) is 23.7 Å². The molecule has 1 amide bonds. The highest BCUT2D eigenvalue weighted by atomic mass is 16.1. The number of amides is 1. The van der Waals surface area contributed by atoms with Crippen molar-refractivity contribution in [1.29, 1.82) is 0 Å². The lowest BCUT2D eigenvalue weighted by atomic mass is 10.1. The predicted octanol–water partition coefficient (Wildman–Crippen LogP) is 3.45. The number of carbonyl (C=O) groups is 1. The van der Waals surface area contributed by atoms with Crippen molar-refractivity contribution in [2.45, 2.75) is 33.0 Å². The summed E-state index contributed by atoms with van der Waals surface area (Å²) in [4.78, 5) is 18.2. The van der Waals surface area contributed by atoms with Gasteiger partial charge in [-0.2, -0.15) is 0 Å². The molecule has 0 saturated carbocycles. The molecule has 5 nitrogen and oxygen atoms in total. The molecule has 0 aliphatic carbocycles. The van der Waals surface area contributed by atoms with Crippen molar-refractivity contribution in [2.24, 2.45) is 0 Å². The summed E-state index contributed by atoms with van der Waals surface area (Å²) in [6.07, 6.45) is 2.90. The van der Waals surface area contributed by atoms with E-state index in [0.717, 1.165) is 44.1 Å². The van der Waals surface area contributed by atoms with Crippen LogP contribution in [0.4, 0.5) is 5.69 Å². The first-order valence-corrected chi connectivity index (χ1v) is 9.33. The largest absolute Gasteiger partial charge is 0.329 e. The summed E-state index contributed by atoms with van der Waals surface area (Å²) in [6, 6.07) is 18.6. The Kier molecular flexibility index (Phi) is 5.03. The van der Waals surface area contributed by atoms with Crippen LogP contribution in [-0.4, -0.2) is 26.9 Å². The quantitative estimate of drug-likeness (QED) is 0.758. The van der Waals surface area contributed by atoms with Crippen LogP contribution in [0, 0.1) is 0 Å². The minimum absolute atomic E-state index is 0.0432. The highest BCUT2D eigenvalue weighted by molar-refractivity contribution is 5.88. The third kappa shape index (κ3) is 4.26. The van der Waals surface area contributed by atoms with Gasteiger partial charge >= 0.3 is 0 Å². The van der Waals surface area contributed by atoms with E-state index in [4.69, 9.17) is 0 Å². The molecule has 1 aromatic heterocycles. The number of imidazole rings is 1. The molecular formula is C22H24N4O. The maximum atomic E-state index is 11.1. The third-order valence-corrected chi connectivity index (χ3v) is 4.93. The van der Waals surface area contributed by atoms with E-state index in [9.17, 15) is 4.79 Å². The van der Waals surface area contributed by atoms with Crippen LogP contribution in [-0.2, 0) is 30.8 Å². The molecule has 1 N–H and O–H groups in total. The highest BCUT2D eigenvalue weighted by Gasteiger charge is 2.19. The van der Waals surface area contributed by atoms with Gasteiger partial charge in [0.05, 0.1) is 5.69 Å². The van der Waals surface area contributed by atoms with E-state index in [0.29, 0.717) is 0 Å². The second-order valence-electron chi connectivity index (χ2n) is 7.07. The molecule has 2 heterocycles. The van der Waals surface area contributed by atoms with Gasteiger partial charge in [0, 0.05) is 51.4 Å². The molecule has 138 valence electrons.